The summed E-state index contributed by atoms with van der Waals surface area (Å²) in [6.07, 6.45) is 6.90. The zero-order valence-electron chi connectivity index (χ0n) is 12.9. The van der Waals surface area contributed by atoms with Crippen molar-refractivity contribution in [1.29, 1.82) is 0 Å². The first-order valence-electron chi connectivity index (χ1n) is 8.22. The third-order valence-electron chi connectivity index (χ3n) is 4.97. The first-order valence-corrected chi connectivity index (χ1v) is 8.22. The van der Waals surface area contributed by atoms with Crippen LogP contribution in [0, 0.1) is 6.92 Å². The molecule has 0 spiro atoms. The summed E-state index contributed by atoms with van der Waals surface area (Å²) in [5, 5.41) is 3.92. The second-order valence-corrected chi connectivity index (χ2v) is 6.91. The van der Waals surface area contributed by atoms with E-state index in [4.69, 9.17) is 0 Å². The quantitative estimate of drug-likeness (QED) is 0.908. The maximum atomic E-state index is 3.92. The molecule has 20 heavy (non-hydrogen) atoms. The SMILES string of the molecule is Cc1cccc(C2CC(NC3CCCC3)CN(C)C2)c1. The lowest BCUT2D eigenvalue weighted by molar-refractivity contribution is 0.195. The summed E-state index contributed by atoms with van der Waals surface area (Å²) in [6, 6.07) is 10.5. The van der Waals surface area contributed by atoms with E-state index < -0.39 is 0 Å². The fourth-order valence-corrected chi connectivity index (χ4v) is 4.03. The van der Waals surface area contributed by atoms with Crippen LogP contribution < -0.4 is 5.32 Å². The van der Waals surface area contributed by atoms with Crippen molar-refractivity contribution >= 4 is 0 Å². The van der Waals surface area contributed by atoms with E-state index in [-0.39, 0.29) is 0 Å². The molecule has 1 aliphatic carbocycles. The molecule has 3 rings (SSSR count). The van der Waals surface area contributed by atoms with E-state index >= 15 is 0 Å². The highest BCUT2D eigenvalue weighted by atomic mass is 15.1. The number of hydrogen-bond acceptors (Lipinski definition) is 2. The van der Waals surface area contributed by atoms with Crippen LogP contribution >= 0.6 is 0 Å². The summed E-state index contributed by atoms with van der Waals surface area (Å²) < 4.78 is 0. The van der Waals surface area contributed by atoms with E-state index in [9.17, 15) is 0 Å². The van der Waals surface area contributed by atoms with Gasteiger partial charge in [-0.3, -0.25) is 0 Å². The van der Waals surface area contributed by atoms with Crippen LogP contribution in [0.15, 0.2) is 24.3 Å². The van der Waals surface area contributed by atoms with Crippen molar-refractivity contribution in [3.8, 4) is 0 Å². The molecule has 0 aromatic heterocycles. The molecule has 2 nitrogen and oxygen atoms in total. The average Bonchev–Trinajstić information content (AvgIpc) is 2.91. The highest BCUT2D eigenvalue weighted by Crippen LogP contribution is 2.28. The Morgan fingerprint density at radius 1 is 1.10 bits per heavy atom. The molecule has 2 unspecified atom stereocenters. The monoisotopic (exact) mass is 272 g/mol. The van der Waals surface area contributed by atoms with Gasteiger partial charge in [-0.05, 0) is 44.7 Å². The maximum Gasteiger partial charge on any atom is 0.0203 e. The number of nitrogens with zero attached hydrogens (tertiary/aromatic N) is 1. The van der Waals surface area contributed by atoms with Gasteiger partial charge in [-0.2, -0.15) is 0 Å². The highest BCUT2D eigenvalue weighted by molar-refractivity contribution is 5.26. The van der Waals surface area contributed by atoms with Gasteiger partial charge in [0.25, 0.3) is 0 Å². The number of nitrogens with one attached hydrogen (secondary N) is 1. The van der Waals surface area contributed by atoms with Gasteiger partial charge in [-0.15, -0.1) is 0 Å². The lowest BCUT2D eigenvalue weighted by Gasteiger charge is -2.37. The van der Waals surface area contributed by atoms with Gasteiger partial charge < -0.3 is 10.2 Å². The van der Waals surface area contributed by atoms with Crippen molar-refractivity contribution in [3.63, 3.8) is 0 Å². The highest BCUT2D eigenvalue weighted by Gasteiger charge is 2.28. The molecule has 0 bridgehead atoms. The zero-order valence-corrected chi connectivity index (χ0v) is 12.9. The Labute approximate surface area is 123 Å². The Balaban J connectivity index is 1.66. The fourth-order valence-electron chi connectivity index (χ4n) is 4.03. The van der Waals surface area contributed by atoms with Gasteiger partial charge >= 0.3 is 0 Å². The van der Waals surface area contributed by atoms with Crippen molar-refractivity contribution in [1.82, 2.24) is 10.2 Å². The molecule has 2 atom stereocenters. The smallest absolute Gasteiger partial charge is 0.0203 e. The number of hydrogen-bond donors (Lipinski definition) is 1. The van der Waals surface area contributed by atoms with Crippen molar-refractivity contribution in [2.75, 3.05) is 20.1 Å². The molecule has 0 radical (unpaired) electrons. The number of rotatable bonds is 3. The van der Waals surface area contributed by atoms with Crippen molar-refractivity contribution in [2.45, 2.75) is 57.0 Å². The number of benzene rings is 1. The minimum atomic E-state index is 0.669. The Kier molecular flexibility index (Phi) is 4.42. The standard InChI is InChI=1S/C18H28N2/c1-14-6-5-7-15(10-14)16-11-18(13-20(2)12-16)19-17-8-3-4-9-17/h5-7,10,16-19H,3-4,8-9,11-13H2,1-2H3. The summed E-state index contributed by atoms with van der Waals surface area (Å²) in [5.74, 6) is 0.688. The van der Waals surface area contributed by atoms with Gasteiger partial charge in [0.05, 0.1) is 0 Å². The first-order chi connectivity index (χ1) is 9.70. The van der Waals surface area contributed by atoms with Gasteiger partial charge in [0.1, 0.15) is 0 Å². The second kappa shape index (κ2) is 6.28. The van der Waals surface area contributed by atoms with E-state index in [1.54, 1.807) is 0 Å². The predicted molar refractivity (Wildman–Crippen MR) is 85.2 cm³/mol. The largest absolute Gasteiger partial charge is 0.310 e. The van der Waals surface area contributed by atoms with Crippen LogP contribution in [0.25, 0.3) is 0 Å². The van der Waals surface area contributed by atoms with Crippen molar-refractivity contribution in [3.05, 3.63) is 35.4 Å². The van der Waals surface area contributed by atoms with Crippen LogP contribution in [0.1, 0.15) is 49.1 Å². The van der Waals surface area contributed by atoms with Gasteiger partial charge in [-0.1, -0.05) is 42.7 Å². The molecule has 2 fully saturated rings. The predicted octanol–water partition coefficient (Wildman–Crippen LogP) is 3.31. The summed E-state index contributed by atoms with van der Waals surface area (Å²) in [4.78, 5) is 2.50. The van der Waals surface area contributed by atoms with Crippen LogP contribution in [-0.4, -0.2) is 37.1 Å². The molecule has 2 aliphatic rings. The van der Waals surface area contributed by atoms with Gasteiger partial charge in [0.15, 0.2) is 0 Å². The number of likely N-dealkylation sites (tertiary alicyclic amines) is 1. The van der Waals surface area contributed by atoms with Crippen LogP contribution in [0.4, 0.5) is 0 Å². The Morgan fingerprint density at radius 3 is 2.65 bits per heavy atom. The normalized spacial score (nSPS) is 28.9. The van der Waals surface area contributed by atoms with E-state index in [0.717, 1.165) is 6.04 Å². The first kappa shape index (κ1) is 14.1. The lowest BCUT2D eigenvalue weighted by atomic mass is 9.87. The molecule has 1 aliphatic heterocycles. The Morgan fingerprint density at radius 2 is 1.90 bits per heavy atom. The maximum absolute atomic E-state index is 3.92. The molecule has 1 aromatic rings. The van der Waals surface area contributed by atoms with Crippen molar-refractivity contribution in [2.24, 2.45) is 0 Å². The number of piperidine rings is 1. The summed E-state index contributed by atoms with van der Waals surface area (Å²) in [6.45, 7) is 4.61. The topological polar surface area (TPSA) is 15.3 Å². The summed E-state index contributed by atoms with van der Waals surface area (Å²) in [7, 11) is 2.27. The number of likely N-dealkylation sites (N-methyl/N-ethyl adjacent to an activating group) is 1. The molecule has 2 heteroatoms. The molecule has 1 saturated heterocycles. The number of aryl methyl sites for hydroxylation is 1. The molecule has 1 aromatic carbocycles. The van der Waals surface area contributed by atoms with Gasteiger partial charge in [-0.25, -0.2) is 0 Å². The molecule has 110 valence electrons. The van der Waals surface area contributed by atoms with E-state index in [0.29, 0.717) is 12.0 Å². The fraction of sp³-hybridized carbons (Fsp3) is 0.667. The van der Waals surface area contributed by atoms with Gasteiger partial charge in [0, 0.05) is 25.2 Å². The molecule has 1 heterocycles. The lowest BCUT2D eigenvalue weighted by Crippen LogP contribution is -2.49. The molecule has 0 amide bonds. The third kappa shape index (κ3) is 3.42. The van der Waals surface area contributed by atoms with Crippen LogP contribution in [0.2, 0.25) is 0 Å². The molecule has 1 saturated carbocycles. The Bertz CT molecular complexity index is 437. The van der Waals surface area contributed by atoms with Crippen LogP contribution in [0.3, 0.4) is 0 Å². The third-order valence-corrected chi connectivity index (χ3v) is 4.97. The molecular weight excluding hydrogens is 244 g/mol. The van der Waals surface area contributed by atoms with Crippen LogP contribution in [-0.2, 0) is 0 Å². The minimum absolute atomic E-state index is 0.669. The van der Waals surface area contributed by atoms with Crippen molar-refractivity contribution < 1.29 is 0 Å². The Hall–Kier alpha value is -0.860. The average molecular weight is 272 g/mol. The van der Waals surface area contributed by atoms with E-state index in [2.05, 4.69) is 48.5 Å². The van der Waals surface area contributed by atoms with Crippen LogP contribution in [0.5, 0.6) is 0 Å². The van der Waals surface area contributed by atoms with E-state index in [1.165, 1.54) is 56.3 Å². The second-order valence-electron chi connectivity index (χ2n) is 6.91. The van der Waals surface area contributed by atoms with Gasteiger partial charge in [0.2, 0.25) is 0 Å². The molecule has 1 N–H and O–H groups in total. The molecular formula is C18H28N2. The summed E-state index contributed by atoms with van der Waals surface area (Å²) >= 11 is 0. The zero-order chi connectivity index (χ0) is 13.9. The van der Waals surface area contributed by atoms with E-state index in [1.807, 2.05) is 0 Å². The minimum Gasteiger partial charge on any atom is -0.310 e. The summed E-state index contributed by atoms with van der Waals surface area (Å²) in [5.41, 5.74) is 2.91.